The lowest BCUT2D eigenvalue weighted by molar-refractivity contribution is 0.189. The van der Waals surface area contributed by atoms with Crippen molar-refractivity contribution in [3.8, 4) is 0 Å². The van der Waals surface area contributed by atoms with Crippen LogP contribution in [0.3, 0.4) is 0 Å². The fraction of sp³-hybridized carbons (Fsp3) is 0.545. The molecular weight excluding hydrogens is 350 g/mol. The van der Waals surface area contributed by atoms with Gasteiger partial charge in [-0.3, -0.25) is 0 Å². The van der Waals surface area contributed by atoms with E-state index in [9.17, 15) is 4.79 Å². The van der Waals surface area contributed by atoms with E-state index >= 15 is 0 Å². The van der Waals surface area contributed by atoms with Crippen molar-refractivity contribution < 1.29 is 4.79 Å². The van der Waals surface area contributed by atoms with Crippen molar-refractivity contribution >= 4 is 22.8 Å². The zero-order chi connectivity index (χ0) is 19.6. The molecule has 28 heavy (non-hydrogen) atoms. The second kappa shape index (κ2) is 10.9. The van der Waals surface area contributed by atoms with Gasteiger partial charge in [0.05, 0.1) is 5.52 Å². The molecule has 1 saturated heterocycles. The van der Waals surface area contributed by atoms with Gasteiger partial charge in [-0.2, -0.15) is 0 Å². The van der Waals surface area contributed by atoms with Crippen molar-refractivity contribution in [2.45, 2.75) is 32.6 Å². The highest BCUT2D eigenvalue weighted by Gasteiger charge is 2.14. The lowest BCUT2D eigenvalue weighted by Crippen LogP contribution is -2.38. The number of nitrogens with zero attached hydrogens (tertiary/aromatic N) is 2. The number of nitrogens with one attached hydrogen (secondary N) is 3. The maximum Gasteiger partial charge on any atom is 0.314 e. The molecule has 6 nitrogen and oxygen atoms in total. The summed E-state index contributed by atoms with van der Waals surface area (Å²) in [7, 11) is 0. The van der Waals surface area contributed by atoms with Crippen LogP contribution in [0.2, 0.25) is 0 Å². The lowest BCUT2D eigenvalue weighted by Gasteiger charge is -2.30. The van der Waals surface area contributed by atoms with Gasteiger partial charge in [0, 0.05) is 25.0 Å². The molecule has 6 heteroatoms. The molecule has 0 radical (unpaired) electrons. The number of carbonyl (C=O) groups excluding carboxylic acids is 1. The number of unbranched alkanes of at least 4 members (excludes halogenated alkanes) is 1. The Hall–Kier alpha value is -2.34. The van der Waals surface area contributed by atoms with Crippen molar-refractivity contribution in [3.05, 3.63) is 36.4 Å². The highest BCUT2D eigenvalue weighted by molar-refractivity contribution is 5.80. The number of carbonyl (C=O) groups is 1. The van der Waals surface area contributed by atoms with Crippen LogP contribution in [0.25, 0.3) is 10.9 Å². The molecule has 2 amide bonds. The van der Waals surface area contributed by atoms with E-state index in [0.717, 1.165) is 48.6 Å². The molecule has 1 fully saturated rings. The summed E-state index contributed by atoms with van der Waals surface area (Å²) in [5.41, 5.74) is 0.970. The van der Waals surface area contributed by atoms with Crippen LogP contribution in [0.5, 0.6) is 0 Å². The van der Waals surface area contributed by atoms with Crippen LogP contribution >= 0.6 is 0 Å². The molecule has 1 aromatic heterocycles. The molecule has 1 aliphatic heterocycles. The number of piperidine rings is 1. The minimum Gasteiger partial charge on any atom is -0.368 e. The Morgan fingerprint density at radius 1 is 1.04 bits per heavy atom. The zero-order valence-electron chi connectivity index (χ0n) is 16.9. The number of urea groups is 1. The Morgan fingerprint density at radius 3 is 2.68 bits per heavy atom. The van der Waals surface area contributed by atoms with E-state index in [4.69, 9.17) is 0 Å². The fourth-order valence-electron chi connectivity index (χ4n) is 3.54. The maximum atomic E-state index is 11.9. The summed E-state index contributed by atoms with van der Waals surface area (Å²) in [6.07, 6.45) is 4.81. The number of pyridine rings is 1. The molecule has 3 rings (SSSR count). The molecule has 0 aliphatic carbocycles. The SMILES string of the molecule is CC1CCN(CCCCNC(=O)NCCNc2ccc3ccccc3n2)CC1. The number of para-hydroxylation sites is 1. The van der Waals surface area contributed by atoms with Gasteiger partial charge in [-0.25, -0.2) is 9.78 Å². The molecule has 0 atom stereocenters. The third-order valence-corrected chi connectivity index (χ3v) is 5.38. The quantitative estimate of drug-likeness (QED) is 0.580. The van der Waals surface area contributed by atoms with Gasteiger partial charge in [0.15, 0.2) is 0 Å². The number of anilines is 1. The van der Waals surface area contributed by atoms with Crippen LogP contribution < -0.4 is 16.0 Å². The number of hydrogen-bond acceptors (Lipinski definition) is 4. The molecule has 1 aromatic carbocycles. The lowest BCUT2D eigenvalue weighted by atomic mass is 9.99. The van der Waals surface area contributed by atoms with Gasteiger partial charge in [0.2, 0.25) is 0 Å². The normalized spacial score (nSPS) is 15.5. The van der Waals surface area contributed by atoms with Gasteiger partial charge in [-0.15, -0.1) is 0 Å². The monoisotopic (exact) mass is 383 g/mol. The zero-order valence-corrected chi connectivity index (χ0v) is 16.9. The number of likely N-dealkylation sites (tertiary alicyclic amines) is 1. The van der Waals surface area contributed by atoms with Crippen LogP contribution in [0, 0.1) is 5.92 Å². The Labute approximate surface area is 168 Å². The number of fused-ring (bicyclic) bond motifs is 1. The number of aromatic nitrogens is 1. The Bertz CT molecular complexity index is 743. The van der Waals surface area contributed by atoms with E-state index in [1.807, 2.05) is 30.3 Å². The Balaban J connectivity index is 1.21. The van der Waals surface area contributed by atoms with Gasteiger partial charge < -0.3 is 20.9 Å². The van der Waals surface area contributed by atoms with E-state index in [1.54, 1.807) is 0 Å². The average molecular weight is 384 g/mol. The van der Waals surface area contributed by atoms with Crippen molar-refractivity contribution in [1.29, 1.82) is 0 Å². The first-order valence-electron chi connectivity index (χ1n) is 10.5. The molecule has 0 unspecified atom stereocenters. The number of rotatable bonds is 9. The minimum atomic E-state index is -0.0972. The van der Waals surface area contributed by atoms with Gasteiger partial charge in [0.1, 0.15) is 5.82 Å². The number of amides is 2. The molecule has 2 heterocycles. The maximum absolute atomic E-state index is 11.9. The van der Waals surface area contributed by atoms with E-state index in [-0.39, 0.29) is 6.03 Å². The number of benzene rings is 1. The van der Waals surface area contributed by atoms with Crippen molar-refractivity contribution in [2.75, 3.05) is 44.6 Å². The molecule has 0 spiro atoms. The Morgan fingerprint density at radius 2 is 1.82 bits per heavy atom. The smallest absolute Gasteiger partial charge is 0.314 e. The molecule has 3 N–H and O–H groups in total. The predicted molar refractivity (Wildman–Crippen MR) is 116 cm³/mol. The first-order valence-corrected chi connectivity index (χ1v) is 10.5. The first kappa shape index (κ1) is 20.4. The van der Waals surface area contributed by atoms with Gasteiger partial charge in [-0.05, 0) is 69.4 Å². The summed E-state index contributed by atoms with van der Waals surface area (Å²) in [6, 6.07) is 12.0. The van der Waals surface area contributed by atoms with Crippen molar-refractivity contribution in [3.63, 3.8) is 0 Å². The third kappa shape index (κ3) is 6.68. The Kier molecular flexibility index (Phi) is 7.91. The second-order valence-corrected chi connectivity index (χ2v) is 7.73. The van der Waals surface area contributed by atoms with Crippen LogP contribution in [-0.2, 0) is 0 Å². The van der Waals surface area contributed by atoms with E-state index in [0.29, 0.717) is 13.1 Å². The molecule has 2 aromatic rings. The minimum absolute atomic E-state index is 0.0972. The molecule has 0 saturated carbocycles. The predicted octanol–water partition coefficient (Wildman–Crippen LogP) is 3.46. The van der Waals surface area contributed by atoms with Crippen LogP contribution in [0.1, 0.15) is 32.6 Å². The topological polar surface area (TPSA) is 69.3 Å². The molecular formula is C22H33N5O. The molecule has 0 bridgehead atoms. The largest absolute Gasteiger partial charge is 0.368 e. The number of hydrogen-bond donors (Lipinski definition) is 3. The fourth-order valence-corrected chi connectivity index (χ4v) is 3.54. The van der Waals surface area contributed by atoms with Crippen LogP contribution in [0.15, 0.2) is 36.4 Å². The first-order chi connectivity index (χ1) is 13.7. The molecule has 152 valence electrons. The summed E-state index contributed by atoms with van der Waals surface area (Å²) < 4.78 is 0. The highest BCUT2D eigenvalue weighted by atomic mass is 16.2. The van der Waals surface area contributed by atoms with Gasteiger partial charge in [0.25, 0.3) is 0 Å². The van der Waals surface area contributed by atoms with E-state index in [2.05, 4.69) is 38.8 Å². The average Bonchev–Trinajstić information content (AvgIpc) is 2.72. The summed E-state index contributed by atoms with van der Waals surface area (Å²) >= 11 is 0. The van der Waals surface area contributed by atoms with Gasteiger partial charge in [-0.1, -0.05) is 25.1 Å². The van der Waals surface area contributed by atoms with Crippen molar-refractivity contribution in [1.82, 2.24) is 20.5 Å². The van der Waals surface area contributed by atoms with Crippen LogP contribution in [0.4, 0.5) is 10.6 Å². The summed E-state index contributed by atoms with van der Waals surface area (Å²) in [4.78, 5) is 19.0. The third-order valence-electron chi connectivity index (χ3n) is 5.38. The molecule has 1 aliphatic rings. The summed E-state index contributed by atoms with van der Waals surface area (Å²) in [6.45, 7) is 7.89. The van der Waals surface area contributed by atoms with Gasteiger partial charge >= 0.3 is 6.03 Å². The van der Waals surface area contributed by atoms with Crippen molar-refractivity contribution in [2.24, 2.45) is 5.92 Å². The standard InChI is InChI=1S/C22H33N5O/c1-18-10-16-27(17-11-18)15-5-4-12-24-22(28)25-14-13-23-21-9-8-19-6-2-3-7-20(19)26-21/h2-3,6-9,18H,4-5,10-17H2,1H3,(H,23,26)(H2,24,25,28). The second-order valence-electron chi connectivity index (χ2n) is 7.73. The highest BCUT2D eigenvalue weighted by Crippen LogP contribution is 2.16. The van der Waals surface area contributed by atoms with E-state index < -0.39 is 0 Å². The summed E-state index contributed by atoms with van der Waals surface area (Å²) in [5, 5.41) is 10.2. The van der Waals surface area contributed by atoms with E-state index in [1.165, 1.54) is 25.9 Å². The van der Waals surface area contributed by atoms with Crippen LogP contribution in [-0.4, -0.2) is 55.2 Å². The summed E-state index contributed by atoms with van der Waals surface area (Å²) in [5.74, 6) is 1.71.